The number of ether oxygens (including phenoxy) is 1. The molecule has 5 rings (SSSR count). The summed E-state index contributed by atoms with van der Waals surface area (Å²) in [5, 5.41) is 2.88. The average Bonchev–Trinajstić information content (AvgIpc) is 3.29. The van der Waals surface area contributed by atoms with E-state index in [1.807, 2.05) is 27.7 Å². The number of rotatable bonds is 9. The van der Waals surface area contributed by atoms with Crippen LogP contribution in [-0.2, 0) is 17.8 Å². The summed E-state index contributed by atoms with van der Waals surface area (Å²) in [5.41, 5.74) is 9.67. The van der Waals surface area contributed by atoms with E-state index >= 15 is 0 Å². The number of carbonyl (C=O) groups is 2. The number of anilines is 2. The van der Waals surface area contributed by atoms with Crippen LogP contribution in [0.2, 0.25) is 0 Å². The number of hydrogen-bond donors (Lipinski definition) is 2. The third kappa shape index (κ3) is 6.24. The standard InChI is InChI=1S/C29H33N7O3/c1-39-16-6-11-36-26-25(32-29(36)33-27(37)22-9-5-10-24(30)17-22)18-23(19-31-26)28(38)35-14-12-34(13-15-35)20-21-7-3-2-4-8-21/h2-5,7-10,17-19H,6,11-16,20,30H2,1H3,(H,32,33,37). The second-order valence-corrected chi connectivity index (χ2v) is 9.63. The summed E-state index contributed by atoms with van der Waals surface area (Å²) in [4.78, 5) is 39.7. The minimum Gasteiger partial charge on any atom is -0.399 e. The summed E-state index contributed by atoms with van der Waals surface area (Å²) in [6, 6.07) is 18.9. The first-order valence-electron chi connectivity index (χ1n) is 13.1. The van der Waals surface area contributed by atoms with E-state index in [2.05, 4.69) is 32.3 Å². The molecule has 202 valence electrons. The lowest BCUT2D eigenvalue weighted by molar-refractivity contribution is 0.0628. The summed E-state index contributed by atoms with van der Waals surface area (Å²) in [7, 11) is 1.64. The number of hydrogen-bond acceptors (Lipinski definition) is 7. The first-order chi connectivity index (χ1) is 19.0. The maximum absolute atomic E-state index is 13.3. The van der Waals surface area contributed by atoms with Gasteiger partial charge < -0.3 is 15.4 Å². The van der Waals surface area contributed by atoms with Crippen molar-refractivity contribution in [2.24, 2.45) is 0 Å². The van der Waals surface area contributed by atoms with E-state index in [0.717, 1.165) is 19.6 Å². The maximum Gasteiger partial charge on any atom is 0.258 e. The van der Waals surface area contributed by atoms with Crippen molar-refractivity contribution in [1.29, 1.82) is 0 Å². The molecule has 0 radical (unpaired) electrons. The Balaban J connectivity index is 1.32. The highest BCUT2D eigenvalue weighted by Crippen LogP contribution is 2.22. The van der Waals surface area contributed by atoms with Crippen molar-refractivity contribution in [2.45, 2.75) is 19.5 Å². The number of aryl methyl sites for hydroxylation is 1. The van der Waals surface area contributed by atoms with Crippen LogP contribution in [-0.4, -0.2) is 76.0 Å². The highest BCUT2D eigenvalue weighted by molar-refractivity contribution is 6.04. The summed E-state index contributed by atoms with van der Waals surface area (Å²) in [5.74, 6) is -0.0292. The quantitative estimate of drug-likeness (QED) is 0.253. The molecule has 0 atom stereocenters. The minimum absolute atomic E-state index is 0.0666. The molecule has 0 aliphatic carbocycles. The molecule has 1 saturated heterocycles. The Morgan fingerprint density at radius 3 is 2.54 bits per heavy atom. The van der Waals surface area contributed by atoms with Crippen LogP contribution in [0.5, 0.6) is 0 Å². The number of benzene rings is 2. The van der Waals surface area contributed by atoms with Gasteiger partial charge in [-0.1, -0.05) is 36.4 Å². The van der Waals surface area contributed by atoms with Gasteiger partial charge in [0.2, 0.25) is 5.95 Å². The Kier molecular flexibility index (Phi) is 8.14. The molecule has 4 aromatic rings. The maximum atomic E-state index is 13.3. The molecule has 0 unspecified atom stereocenters. The summed E-state index contributed by atoms with van der Waals surface area (Å²) in [6.07, 6.45) is 2.30. The zero-order chi connectivity index (χ0) is 27.2. The molecule has 0 spiro atoms. The van der Waals surface area contributed by atoms with Crippen LogP contribution in [0.1, 0.15) is 32.7 Å². The first kappa shape index (κ1) is 26.3. The van der Waals surface area contributed by atoms with Crippen LogP contribution >= 0.6 is 0 Å². The fraction of sp³-hybridized carbons (Fsp3) is 0.310. The smallest absolute Gasteiger partial charge is 0.258 e. The largest absolute Gasteiger partial charge is 0.399 e. The number of nitrogen functional groups attached to an aromatic ring is 1. The van der Waals surface area contributed by atoms with Gasteiger partial charge >= 0.3 is 0 Å². The van der Waals surface area contributed by atoms with Crippen molar-refractivity contribution in [2.75, 3.05) is 50.9 Å². The number of fused-ring (bicyclic) bond motifs is 1. The van der Waals surface area contributed by atoms with E-state index in [0.29, 0.717) is 66.6 Å². The van der Waals surface area contributed by atoms with Crippen molar-refractivity contribution >= 4 is 34.6 Å². The number of piperazine rings is 1. The summed E-state index contributed by atoms with van der Waals surface area (Å²) in [6.45, 7) is 4.89. The van der Waals surface area contributed by atoms with Crippen LogP contribution in [0.4, 0.5) is 11.6 Å². The van der Waals surface area contributed by atoms with Crippen molar-refractivity contribution < 1.29 is 14.3 Å². The molecule has 1 fully saturated rings. The van der Waals surface area contributed by atoms with E-state index in [-0.39, 0.29) is 11.8 Å². The monoisotopic (exact) mass is 527 g/mol. The zero-order valence-corrected chi connectivity index (χ0v) is 22.0. The Bertz CT molecular complexity index is 1450. The topological polar surface area (TPSA) is 119 Å². The molecule has 0 bridgehead atoms. The number of nitrogens with one attached hydrogen (secondary N) is 1. The van der Waals surface area contributed by atoms with Gasteiger partial charge in [0.25, 0.3) is 11.8 Å². The molecule has 39 heavy (non-hydrogen) atoms. The molecular weight excluding hydrogens is 494 g/mol. The number of pyridine rings is 1. The van der Waals surface area contributed by atoms with Crippen molar-refractivity contribution in [3.8, 4) is 0 Å². The molecule has 10 heteroatoms. The number of nitrogens with two attached hydrogens (primary N) is 1. The molecule has 2 aromatic heterocycles. The molecule has 3 heterocycles. The lowest BCUT2D eigenvalue weighted by Crippen LogP contribution is -2.48. The van der Waals surface area contributed by atoms with Gasteiger partial charge in [-0.15, -0.1) is 0 Å². The third-order valence-corrected chi connectivity index (χ3v) is 6.84. The van der Waals surface area contributed by atoms with Crippen LogP contribution in [0.15, 0.2) is 66.9 Å². The molecule has 2 amide bonds. The van der Waals surface area contributed by atoms with Crippen LogP contribution < -0.4 is 11.1 Å². The predicted molar refractivity (Wildman–Crippen MR) is 150 cm³/mol. The Hall–Kier alpha value is -4.28. The zero-order valence-electron chi connectivity index (χ0n) is 22.0. The molecule has 1 aliphatic rings. The van der Waals surface area contributed by atoms with Crippen LogP contribution in [0, 0.1) is 0 Å². The van der Waals surface area contributed by atoms with Gasteiger partial charge in [0.05, 0.1) is 5.56 Å². The molecule has 3 N–H and O–H groups in total. The van der Waals surface area contributed by atoms with Gasteiger partial charge in [-0.25, -0.2) is 9.97 Å². The van der Waals surface area contributed by atoms with Crippen LogP contribution in [0.25, 0.3) is 11.2 Å². The number of carbonyl (C=O) groups excluding carboxylic acids is 2. The van der Waals surface area contributed by atoms with Crippen LogP contribution in [0.3, 0.4) is 0 Å². The highest BCUT2D eigenvalue weighted by atomic mass is 16.5. The second-order valence-electron chi connectivity index (χ2n) is 9.63. The predicted octanol–water partition coefficient (Wildman–Crippen LogP) is 3.26. The van der Waals surface area contributed by atoms with Gasteiger partial charge in [-0.05, 0) is 36.2 Å². The normalized spacial score (nSPS) is 14.0. The Labute approximate surface area is 227 Å². The van der Waals surface area contributed by atoms with E-state index in [1.165, 1.54) is 5.56 Å². The number of amides is 2. The van der Waals surface area contributed by atoms with Gasteiger partial charge in [-0.2, -0.15) is 0 Å². The van der Waals surface area contributed by atoms with Gasteiger partial charge in [0, 0.05) is 70.4 Å². The van der Waals surface area contributed by atoms with E-state index in [1.54, 1.807) is 43.6 Å². The number of imidazole rings is 1. The van der Waals surface area contributed by atoms with Gasteiger partial charge in [-0.3, -0.25) is 24.4 Å². The van der Waals surface area contributed by atoms with E-state index in [9.17, 15) is 9.59 Å². The summed E-state index contributed by atoms with van der Waals surface area (Å²) < 4.78 is 7.05. The highest BCUT2D eigenvalue weighted by Gasteiger charge is 2.24. The third-order valence-electron chi connectivity index (χ3n) is 6.84. The van der Waals surface area contributed by atoms with Crippen molar-refractivity contribution in [1.82, 2.24) is 24.3 Å². The number of aromatic nitrogens is 3. The molecule has 0 saturated carbocycles. The van der Waals surface area contributed by atoms with Gasteiger partial charge in [0.15, 0.2) is 5.65 Å². The number of methoxy groups -OCH3 is 1. The molecule has 10 nitrogen and oxygen atoms in total. The lowest BCUT2D eigenvalue weighted by atomic mass is 10.2. The molecule has 2 aromatic carbocycles. The van der Waals surface area contributed by atoms with E-state index in [4.69, 9.17) is 10.5 Å². The Morgan fingerprint density at radius 2 is 1.79 bits per heavy atom. The molecular formula is C29H33N7O3. The van der Waals surface area contributed by atoms with Crippen molar-refractivity contribution in [3.63, 3.8) is 0 Å². The minimum atomic E-state index is -0.324. The molecule has 1 aliphatic heterocycles. The van der Waals surface area contributed by atoms with E-state index < -0.39 is 0 Å². The van der Waals surface area contributed by atoms with Crippen molar-refractivity contribution in [3.05, 3.63) is 83.6 Å². The SMILES string of the molecule is COCCCn1c(NC(=O)c2cccc(N)c2)nc2cc(C(=O)N3CCN(Cc4ccccc4)CC3)cnc21. The number of nitrogens with zero attached hydrogens (tertiary/aromatic N) is 5. The fourth-order valence-corrected chi connectivity index (χ4v) is 4.79. The average molecular weight is 528 g/mol. The lowest BCUT2D eigenvalue weighted by Gasteiger charge is -2.34. The summed E-state index contributed by atoms with van der Waals surface area (Å²) >= 11 is 0. The second kappa shape index (κ2) is 12.1. The first-order valence-corrected chi connectivity index (χ1v) is 13.1. The Morgan fingerprint density at radius 1 is 1.00 bits per heavy atom. The fourth-order valence-electron chi connectivity index (χ4n) is 4.79. The van der Waals surface area contributed by atoms with Gasteiger partial charge in [0.1, 0.15) is 5.52 Å².